The van der Waals surface area contributed by atoms with Gasteiger partial charge in [0.1, 0.15) is 0 Å². The second-order valence-corrected chi connectivity index (χ2v) is 4.62. The van der Waals surface area contributed by atoms with Crippen molar-refractivity contribution in [2.45, 2.75) is 58.4 Å². The first-order chi connectivity index (χ1) is 7.24. The van der Waals surface area contributed by atoms with Crippen molar-refractivity contribution in [2.24, 2.45) is 5.92 Å². The Balaban J connectivity index is 2.30. The summed E-state index contributed by atoms with van der Waals surface area (Å²) in [4.78, 5) is 11.5. The fourth-order valence-corrected chi connectivity index (χ4v) is 2.17. The Hall–Kier alpha value is -0.730. The summed E-state index contributed by atoms with van der Waals surface area (Å²) >= 11 is 0. The van der Waals surface area contributed by atoms with Crippen molar-refractivity contribution in [3.05, 3.63) is 0 Å². The highest BCUT2D eigenvalue weighted by atomic mass is 16.2. The molecule has 2 N–H and O–H groups in total. The fraction of sp³-hybridized carbons (Fsp3) is 0.917. The third-order valence-electron chi connectivity index (χ3n) is 3.21. The van der Waals surface area contributed by atoms with E-state index in [-0.39, 0.29) is 6.03 Å². The van der Waals surface area contributed by atoms with Crippen molar-refractivity contribution in [3.63, 3.8) is 0 Å². The summed E-state index contributed by atoms with van der Waals surface area (Å²) in [6, 6.07) is 0.389. The molecule has 0 aromatic carbocycles. The van der Waals surface area contributed by atoms with E-state index >= 15 is 0 Å². The average molecular weight is 212 g/mol. The van der Waals surface area contributed by atoms with E-state index in [1.165, 1.54) is 25.7 Å². The van der Waals surface area contributed by atoms with Crippen molar-refractivity contribution in [2.75, 3.05) is 6.54 Å². The highest BCUT2D eigenvalue weighted by Gasteiger charge is 2.20. The molecule has 1 saturated carbocycles. The lowest BCUT2D eigenvalue weighted by Gasteiger charge is -2.22. The zero-order valence-electron chi connectivity index (χ0n) is 10.0. The molecule has 0 radical (unpaired) electrons. The molecule has 88 valence electrons. The highest BCUT2D eigenvalue weighted by Crippen LogP contribution is 2.22. The number of nitrogens with one attached hydrogen (secondary N) is 2. The number of hydrogen-bond acceptors (Lipinski definition) is 1. The van der Waals surface area contributed by atoms with E-state index in [1.54, 1.807) is 0 Å². The van der Waals surface area contributed by atoms with Crippen LogP contribution in [0.1, 0.15) is 52.4 Å². The molecule has 0 bridgehead atoms. The Labute approximate surface area is 93.0 Å². The second-order valence-electron chi connectivity index (χ2n) is 4.62. The van der Waals surface area contributed by atoms with Gasteiger partial charge in [0.2, 0.25) is 0 Å². The highest BCUT2D eigenvalue weighted by molar-refractivity contribution is 5.74. The minimum absolute atomic E-state index is 0.00981. The predicted molar refractivity (Wildman–Crippen MR) is 62.9 cm³/mol. The number of hydrogen-bond donors (Lipinski definition) is 2. The van der Waals surface area contributed by atoms with E-state index < -0.39 is 0 Å². The number of carbonyl (C=O) groups is 1. The first-order valence-corrected chi connectivity index (χ1v) is 6.28. The summed E-state index contributed by atoms with van der Waals surface area (Å²) in [7, 11) is 0. The topological polar surface area (TPSA) is 41.1 Å². The summed E-state index contributed by atoms with van der Waals surface area (Å²) < 4.78 is 0. The van der Waals surface area contributed by atoms with Gasteiger partial charge in [-0.2, -0.15) is 0 Å². The van der Waals surface area contributed by atoms with Gasteiger partial charge in [-0.25, -0.2) is 4.79 Å². The van der Waals surface area contributed by atoms with Gasteiger partial charge in [-0.1, -0.05) is 33.1 Å². The molecule has 0 aromatic heterocycles. The molecule has 3 heteroatoms. The Bertz CT molecular complexity index is 194. The zero-order valence-corrected chi connectivity index (χ0v) is 10.0. The van der Waals surface area contributed by atoms with E-state index in [0.717, 1.165) is 19.4 Å². The molecular formula is C12H24N2O. The number of urea groups is 1. The van der Waals surface area contributed by atoms with E-state index in [2.05, 4.69) is 24.5 Å². The van der Waals surface area contributed by atoms with E-state index in [9.17, 15) is 4.79 Å². The van der Waals surface area contributed by atoms with Crippen molar-refractivity contribution >= 4 is 6.03 Å². The monoisotopic (exact) mass is 212 g/mol. The van der Waals surface area contributed by atoms with Crippen LogP contribution in [-0.2, 0) is 0 Å². The summed E-state index contributed by atoms with van der Waals surface area (Å²) in [6.45, 7) is 5.08. The maximum atomic E-state index is 11.5. The lowest BCUT2D eigenvalue weighted by Crippen LogP contribution is -2.44. The van der Waals surface area contributed by atoms with Crippen LogP contribution < -0.4 is 10.6 Å². The van der Waals surface area contributed by atoms with Crippen LogP contribution in [0.25, 0.3) is 0 Å². The maximum Gasteiger partial charge on any atom is 0.315 e. The fourth-order valence-electron chi connectivity index (χ4n) is 2.17. The normalized spacial score (nSPS) is 26.8. The van der Waals surface area contributed by atoms with E-state index in [1.807, 2.05) is 0 Å². The maximum absolute atomic E-state index is 11.5. The van der Waals surface area contributed by atoms with Gasteiger partial charge >= 0.3 is 6.03 Å². The van der Waals surface area contributed by atoms with Crippen LogP contribution in [0.15, 0.2) is 0 Å². The van der Waals surface area contributed by atoms with Gasteiger partial charge in [0.25, 0.3) is 0 Å². The van der Waals surface area contributed by atoms with Crippen LogP contribution in [0.4, 0.5) is 4.79 Å². The first kappa shape index (κ1) is 12.3. The molecule has 2 unspecified atom stereocenters. The molecule has 15 heavy (non-hydrogen) atoms. The molecule has 0 aliphatic heterocycles. The van der Waals surface area contributed by atoms with Crippen molar-refractivity contribution in [3.8, 4) is 0 Å². The molecule has 0 spiro atoms. The number of rotatable bonds is 3. The van der Waals surface area contributed by atoms with Gasteiger partial charge in [-0.15, -0.1) is 0 Å². The van der Waals surface area contributed by atoms with Crippen LogP contribution >= 0.6 is 0 Å². The third-order valence-corrected chi connectivity index (χ3v) is 3.21. The number of carbonyl (C=O) groups excluding carboxylic acids is 1. The second kappa shape index (κ2) is 6.70. The zero-order chi connectivity index (χ0) is 11.1. The SMILES string of the molecule is CCCNC(=O)NC1CCCCCC1C. The standard InChI is InChI=1S/C12H24N2O/c1-3-9-13-12(15)14-11-8-6-4-5-7-10(11)2/h10-11H,3-9H2,1-2H3,(H2,13,14,15). The van der Waals surface area contributed by atoms with Gasteiger partial charge in [0.15, 0.2) is 0 Å². The molecular weight excluding hydrogens is 188 g/mol. The van der Waals surface area contributed by atoms with Crippen molar-refractivity contribution < 1.29 is 4.79 Å². The molecule has 1 rings (SSSR count). The summed E-state index contributed by atoms with van der Waals surface area (Å²) in [5, 5.41) is 5.96. The summed E-state index contributed by atoms with van der Waals surface area (Å²) in [5.41, 5.74) is 0. The summed E-state index contributed by atoms with van der Waals surface area (Å²) in [5.74, 6) is 0.625. The smallest absolute Gasteiger partial charge is 0.315 e. The molecule has 2 amide bonds. The molecule has 0 heterocycles. The van der Waals surface area contributed by atoms with Crippen molar-refractivity contribution in [1.29, 1.82) is 0 Å². The van der Waals surface area contributed by atoms with Gasteiger partial charge in [-0.05, 0) is 25.2 Å². The Morgan fingerprint density at radius 1 is 1.27 bits per heavy atom. The van der Waals surface area contributed by atoms with E-state index in [0.29, 0.717) is 12.0 Å². The van der Waals surface area contributed by atoms with Gasteiger partial charge < -0.3 is 10.6 Å². The minimum Gasteiger partial charge on any atom is -0.338 e. The van der Waals surface area contributed by atoms with Gasteiger partial charge in [0.05, 0.1) is 0 Å². The van der Waals surface area contributed by atoms with Crippen LogP contribution in [0.3, 0.4) is 0 Å². The Kier molecular flexibility index (Phi) is 5.51. The molecule has 1 fully saturated rings. The predicted octanol–water partition coefficient (Wildman–Crippen LogP) is 2.66. The van der Waals surface area contributed by atoms with Crippen LogP contribution in [0, 0.1) is 5.92 Å². The largest absolute Gasteiger partial charge is 0.338 e. The average Bonchev–Trinajstić information content (AvgIpc) is 2.42. The van der Waals surface area contributed by atoms with Crippen LogP contribution in [-0.4, -0.2) is 18.6 Å². The molecule has 0 saturated heterocycles. The van der Waals surface area contributed by atoms with E-state index in [4.69, 9.17) is 0 Å². The number of amides is 2. The summed E-state index contributed by atoms with van der Waals surface area (Å²) in [6.07, 6.45) is 7.27. The molecule has 1 aliphatic rings. The lowest BCUT2D eigenvalue weighted by molar-refractivity contribution is 0.230. The molecule has 1 aliphatic carbocycles. The Morgan fingerprint density at radius 3 is 2.73 bits per heavy atom. The van der Waals surface area contributed by atoms with Crippen LogP contribution in [0.2, 0.25) is 0 Å². The Morgan fingerprint density at radius 2 is 2.00 bits per heavy atom. The quantitative estimate of drug-likeness (QED) is 0.694. The van der Waals surface area contributed by atoms with Gasteiger partial charge in [0, 0.05) is 12.6 Å². The van der Waals surface area contributed by atoms with Crippen LogP contribution in [0.5, 0.6) is 0 Å². The molecule has 2 atom stereocenters. The molecule has 0 aromatic rings. The minimum atomic E-state index is 0.00981. The third kappa shape index (κ3) is 4.54. The van der Waals surface area contributed by atoms with Crippen molar-refractivity contribution in [1.82, 2.24) is 10.6 Å². The van der Waals surface area contributed by atoms with Gasteiger partial charge in [-0.3, -0.25) is 0 Å². The first-order valence-electron chi connectivity index (χ1n) is 6.28. The molecule has 3 nitrogen and oxygen atoms in total. The lowest BCUT2D eigenvalue weighted by atomic mass is 9.97.